The van der Waals surface area contributed by atoms with Gasteiger partial charge in [0.15, 0.2) is 0 Å². The highest BCUT2D eigenvalue weighted by Gasteiger charge is 2.13. The highest BCUT2D eigenvalue weighted by Crippen LogP contribution is 2.15. The standard InChI is InChI=1S/C19H30N4O2/c1-15(2)18(24)20-16-7-9-17(10-8-16)21-19(25)22(3)11-6-14-23-12-4-5-13-23/h7-10,15H,4-6,11-14H2,1-3H3,(H,20,24)(H,21,25). The number of rotatable bonds is 7. The van der Waals surface area contributed by atoms with Crippen LogP contribution in [0, 0.1) is 5.92 Å². The molecule has 6 nitrogen and oxygen atoms in total. The first-order valence-corrected chi connectivity index (χ1v) is 9.11. The summed E-state index contributed by atoms with van der Waals surface area (Å²) in [7, 11) is 1.82. The Morgan fingerprint density at radius 3 is 2.20 bits per heavy atom. The largest absolute Gasteiger partial charge is 0.328 e. The van der Waals surface area contributed by atoms with Crippen LogP contribution in [0.4, 0.5) is 16.2 Å². The maximum atomic E-state index is 12.2. The van der Waals surface area contributed by atoms with Crippen molar-refractivity contribution in [3.63, 3.8) is 0 Å². The number of likely N-dealkylation sites (tertiary alicyclic amines) is 1. The monoisotopic (exact) mass is 346 g/mol. The predicted molar refractivity (Wildman–Crippen MR) is 102 cm³/mol. The van der Waals surface area contributed by atoms with Gasteiger partial charge in [-0.15, -0.1) is 0 Å². The van der Waals surface area contributed by atoms with E-state index in [2.05, 4.69) is 15.5 Å². The Bertz CT molecular complexity index is 565. The zero-order valence-electron chi connectivity index (χ0n) is 15.5. The number of urea groups is 1. The van der Waals surface area contributed by atoms with E-state index >= 15 is 0 Å². The van der Waals surface area contributed by atoms with Gasteiger partial charge in [0.2, 0.25) is 5.91 Å². The molecule has 1 fully saturated rings. The average Bonchev–Trinajstić information content (AvgIpc) is 3.09. The lowest BCUT2D eigenvalue weighted by molar-refractivity contribution is -0.118. The summed E-state index contributed by atoms with van der Waals surface area (Å²) in [6, 6.07) is 7.07. The van der Waals surface area contributed by atoms with Crippen LogP contribution in [-0.4, -0.2) is 55.0 Å². The number of hydrogen-bond acceptors (Lipinski definition) is 3. The lowest BCUT2D eigenvalue weighted by Crippen LogP contribution is -2.34. The van der Waals surface area contributed by atoms with E-state index in [-0.39, 0.29) is 17.9 Å². The van der Waals surface area contributed by atoms with E-state index in [9.17, 15) is 9.59 Å². The third-order valence-electron chi connectivity index (χ3n) is 4.44. The molecular weight excluding hydrogens is 316 g/mol. The van der Waals surface area contributed by atoms with Crippen LogP contribution in [0.3, 0.4) is 0 Å². The molecule has 0 bridgehead atoms. The molecule has 3 amide bonds. The normalized spacial score (nSPS) is 14.6. The lowest BCUT2D eigenvalue weighted by Gasteiger charge is -2.20. The van der Waals surface area contributed by atoms with Gasteiger partial charge in [0, 0.05) is 30.9 Å². The quantitative estimate of drug-likeness (QED) is 0.797. The SMILES string of the molecule is CC(C)C(=O)Nc1ccc(NC(=O)N(C)CCCN2CCCC2)cc1. The molecule has 25 heavy (non-hydrogen) atoms. The summed E-state index contributed by atoms with van der Waals surface area (Å²) in [5.41, 5.74) is 1.45. The number of anilines is 2. The predicted octanol–water partition coefficient (Wildman–Crippen LogP) is 3.23. The van der Waals surface area contributed by atoms with Gasteiger partial charge in [-0.2, -0.15) is 0 Å². The van der Waals surface area contributed by atoms with E-state index in [1.807, 2.05) is 20.9 Å². The van der Waals surface area contributed by atoms with Crippen molar-refractivity contribution in [2.24, 2.45) is 5.92 Å². The van der Waals surface area contributed by atoms with E-state index in [0.717, 1.165) is 30.9 Å². The molecule has 0 saturated carbocycles. The van der Waals surface area contributed by atoms with Crippen molar-refractivity contribution < 1.29 is 9.59 Å². The van der Waals surface area contributed by atoms with Gasteiger partial charge in [-0.25, -0.2) is 4.79 Å². The van der Waals surface area contributed by atoms with Gasteiger partial charge in [0.25, 0.3) is 0 Å². The van der Waals surface area contributed by atoms with Crippen molar-refractivity contribution in [2.45, 2.75) is 33.1 Å². The zero-order valence-corrected chi connectivity index (χ0v) is 15.5. The molecule has 2 rings (SSSR count). The van der Waals surface area contributed by atoms with Crippen LogP contribution in [0.5, 0.6) is 0 Å². The minimum Gasteiger partial charge on any atom is -0.328 e. The number of nitrogens with one attached hydrogen (secondary N) is 2. The van der Waals surface area contributed by atoms with Crippen LogP contribution < -0.4 is 10.6 Å². The van der Waals surface area contributed by atoms with E-state index in [4.69, 9.17) is 0 Å². The van der Waals surface area contributed by atoms with Gasteiger partial charge in [-0.05, 0) is 63.2 Å². The summed E-state index contributed by atoms with van der Waals surface area (Å²) < 4.78 is 0. The first-order chi connectivity index (χ1) is 12.0. The third kappa shape index (κ3) is 6.38. The Morgan fingerprint density at radius 2 is 1.64 bits per heavy atom. The number of amides is 3. The van der Waals surface area contributed by atoms with Gasteiger partial charge in [0.05, 0.1) is 0 Å². The fourth-order valence-corrected chi connectivity index (χ4v) is 2.78. The molecule has 6 heteroatoms. The second kappa shape index (κ2) is 9.42. The highest BCUT2D eigenvalue weighted by molar-refractivity contribution is 5.93. The summed E-state index contributed by atoms with van der Waals surface area (Å²) in [6.45, 7) is 7.88. The first kappa shape index (κ1) is 19.2. The van der Waals surface area contributed by atoms with Gasteiger partial charge in [-0.3, -0.25) is 4.79 Å². The summed E-state index contributed by atoms with van der Waals surface area (Å²) in [5.74, 6) is -0.0805. The van der Waals surface area contributed by atoms with Crippen LogP contribution in [0.2, 0.25) is 0 Å². The van der Waals surface area contributed by atoms with Crippen LogP contribution in [0.15, 0.2) is 24.3 Å². The molecule has 1 aromatic rings. The Hall–Kier alpha value is -2.08. The number of benzene rings is 1. The Labute approximate surface area is 150 Å². The molecule has 0 radical (unpaired) electrons. The second-order valence-electron chi connectivity index (χ2n) is 6.98. The lowest BCUT2D eigenvalue weighted by atomic mass is 10.2. The molecule has 1 aliphatic rings. The number of nitrogens with zero attached hydrogens (tertiary/aromatic N) is 2. The topological polar surface area (TPSA) is 64.7 Å². The highest BCUT2D eigenvalue weighted by atomic mass is 16.2. The Kier molecular flexibility index (Phi) is 7.25. The summed E-state index contributed by atoms with van der Waals surface area (Å²) in [6.07, 6.45) is 3.58. The van der Waals surface area contributed by atoms with Crippen molar-refractivity contribution in [1.29, 1.82) is 0 Å². The average molecular weight is 346 g/mol. The Balaban J connectivity index is 1.74. The maximum Gasteiger partial charge on any atom is 0.321 e. The fourth-order valence-electron chi connectivity index (χ4n) is 2.78. The van der Waals surface area contributed by atoms with Gasteiger partial charge < -0.3 is 20.4 Å². The fraction of sp³-hybridized carbons (Fsp3) is 0.579. The Morgan fingerprint density at radius 1 is 1.08 bits per heavy atom. The minimum atomic E-state index is -0.111. The van der Waals surface area contributed by atoms with Crippen LogP contribution in [0.25, 0.3) is 0 Å². The molecule has 1 heterocycles. The zero-order chi connectivity index (χ0) is 18.2. The maximum absolute atomic E-state index is 12.2. The second-order valence-corrected chi connectivity index (χ2v) is 6.98. The van der Waals surface area contributed by atoms with Crippen molar-refractivity contribution in [1.82, 2.24) is 9.80 Å². The minimum absolute atomic E-state index is 0.0190. The van der Waals surface area contributed by atoms with E-state index in [1.54, 1.807) is 29.2 Å². The van der Waals surface area contributed by atoms with Crippen molar-refractivity contribution in [3.8, 4) is 0 Å². The summed E-state index contributed by atoms with van der Waals surface area (Å²) in [5, 5.41) is 5.72. The van der Waals surface area contributed by atoms with Crippen LogP contribution >= 0.6 is 0 Å². The number of hydrogen-bond donors (Lipinski definition) is 2. The molecule has 0 spiro atoms. The molecule has 0 aromatic heterocycles. The van der Waals surface area contributed by atoms with E-state index in [0.29, 0.717) is 0 Å². The molecule has 0 unspecified atom stereocenters. The van der Waals surface area contributed by atoms with Gasteiger partial charge >= 0.3 is 6.03 Å². The number of carbonyl (C=O) groups excluding carboxylic acids is 2. The molecular formula is C19H30N4O2. The van der Waals surface area contributed by atoms with Gasteiger partial charge in [0.1, 0.15) is 0 Å². The summed E-state index contributed by atoms with van der Waals surface area (Å²) >= 11 is 0. The van der Waals surface area contributed by atoms with E-state index < -0.39 is 0 Å². The van der Waals surface area contributed by atoms with Crippen molar-refractivity contribution >= 4 is 23.3 Å². The molecule has 138 valence electrons. The smallest absolute Gasteiger partial charge is 0.321 e. The molecule has 0 atom stereocenters. The molecule has 1 saturated heterocycles. The third-order valence-corrected chi connectivity index (χ3v) is 4.44. The molecule has 2 N–H and O–H groups in total. The molecule has 1 aromatic carbocycles. The number of carbonyl (C=O) groups is 2. The van der Waals surface area contributed by atoms with Gasteiger partial charge in [-0.1, -0.05) is 13.8 Å². The van der Waals surface area contributed by atoms with Crippen LogP contribution in [0.1, 0.15) is 33.1 Å². The van der Waals surface area contributed by atoms with Crippen molar-refractivity contribution in [2.75, 3.05) is 43.9 Å². The van der Waals surface area contributed by atoms with Crippen molar-refractivity contribution in [3.05, 3.63) is 24.3 Å². The first-order valence-electron chi connectivity index (χ1n) is 9.11. The molecule has 0 aliphatic carbocycles. The molecule has 1 aliphatic heterocycles. The van der Waals surface area contributed by atoms with Crippen LogP contribution in [-0.2, 0) is 4.79 Å². The summed E-state index contributed by atoms with van der Waals surface area (Å²) in [4.78, 5) is 28.1. The van der Waals surface area contributed by atoms with E-state index in [1.165, 1.54) is 25.9 Å².